The molecule has 1 amide bonds. The van der Waals surface area contributed by atoms with Crippen molar-refractivity contribution in [3.63, 3.8) is 0 Å². The van der Waals surface area contributed by atoms with Crippen molar-refractivity contribution in [2.75, 3.05) is 13.1 Å². The Morgan fingerprint density at radius 2 is 2.00 bits per heavy atom. The standard InChI is InChI=1S/C15H22N2O2/c1-3-14-11-17(15(18)19)12(2)9-16(14)10-13-7-5-4-6-8-13/h4-8,12,14H,3,9-11H2,1-2H3,(H,18,19)/t12-,14+/m0/s1. The normalized spacial score (nSPS) is 24.4. The Morgan fingerprint density at radius 3 is 2.58 bits per heavy atom. The lowest BCUT2D eigenvalue weighted by Gasteiger charge is -2.44. The van der Waals surface area contributed by atoms with Gasteiger partial charge in [0.1, 0.15) is 0 Å². The van der Waals surface area contributed by atoms with E-state index < -0.39 is 6.09 Å². The smallest absolute Gasteiger partial charge is 0.407 e. The van der Waals surface area contributed by atoms with Crippen molar-refractivity contribution < 1.29 is 9.90 Å². The van der Waals surface area contributed by atoms with E-state index in [2.05, 4.69) is 24.0 Å². The van der Waals surface area contributed by atoms with Gasteiger partial charge in [-0.2, -0.15) is 0 Å². The van der Waals surface area contributed by atoms with Gasteiger partial charge in [-0.1, -0.05) is 37.3 Å². The molecule has 0 radical (unpaired) electrons. The predicted molar refractivity (Wildman–Crippen MR) is 75.1 cm³/mol. The van der Waals surface area contributed by atoms with Crippen LogP contribution in [0.2, 0.25) is 0 Å². The summed E-state index contributed by atoms with van der Waals surface area (Å²) in [6.07, 6.45) is 0.175. The molecular formula is C15H22N2O2. The van der Waals surface area contributed by atoms with Gasteiger partial charge in [0.2, 0.25) is 0 Å². The summed E-state index contributed by atoms with van der Waals surface area (Å²) in [5, 5.41) is 9.21. The molecule has 4 heteroatoms. The number of hydrogen-bond acceptors (Lipinski definition) is 2. The van der Waals surface area contributed by atoms with E-state index in [1.807, 2.05) is 25.1 Å². The van der Waals surface area contributed by atoms with Gasteiger partial charge in [-0.15, -0.1) is 0 Å². The fraction of sp³-hybridized carbons (Fsp3) is 0.533. The number of rotatable bonds is 3. The number of nitrogens with zero attached hydrogens (tertiary/aromatic N) is 2. The SMILES string of the molecule is CC[C@@H]1CN(C(=O)O)[C@@H](C)CN1Cc1ccccc1. The van der Waals surface area contributed by atoms with E-state index in [-0.39, 0.29) is 6.04 Å². The Kier molecular flexibility index (Phi) is 4.43. The molecule has 1 aromatic carbocycles. The summed E-state index contributed by atoms with van der Waals surface area (Å²) in [5.41, 5.74) is 1.29. The molecule has 1 N–H and O–H groups in total. The molecule has 4 nitrogen and oxygen atoms in total. The van der Waals surface area contributed by atoms with Crippen LogP contribution < -0.4 is 0 Å². The van der Waals surface area contributed by atoms with Gasteiger partial charge < -0.3 is 10.0 Å². The van der Waals surface area contributed by atoms with Crippen LogP contribution in [0.25, 0.3) is 0 Å². The van der Waals surface area contributed by atoms with Crippen LogP contribution in [0.5, 0.6) is 0 Å². The van der Waals surface area contributed by atoms with Gasteiger partial charge in [0.15, 0.2) is 0 Å². The van der Waals surface area contributed by atoms with Crippen molar-refractivity contribution in [1.82, 2.24) is 9.80 Å². The van der Waals surface area contributed by atoms with E-state index in [0.717, 1.165) is 19.5 Å². The molecule has 1 aliphatic heterocycles. The topological polar surface area (TPSA) is 43.8 Å². The third kappa shape index (κ3) is 3.26. The minimum atomic E-state index is -0.801. The summed E-state index contributed by atoms with van der Waals surface area (Å²) in [6, 6.07) is 10.7. The van der Waals surface area contributed by atoms with E-state index in [1.165, 1.54) is 5.56 Å². The monoisotopic (exact) mass is 262 g/mol. The van der Waals surface area contributed by atoms with E-state index >= 15 is 0 Å². The van der Waals surface area contributed by atoms with Crippen molar-refractivity contribution in [2.24, 2.45) is 0 Å². The van der Waals surface area contributed by atoms with Crippen molar-refractivity contribution in [2.45, 2.75) is 38.9 Å². The molecule has 2 rings (SSSR count). The number of carboxylic acid groups (broad SMARTS) is 1. The number of benzene rings is 1. The first-order chi connectivity index (χ1) is 9.11. The number of carbonyl (C=O) groups is 1. The van der Waals surface area contributed by atoms with Crippen molar-refractivity contribution in [1.29, 1.82) is 0 Å². The average molecular weight is 262 g/mol. The Bertz CT molecular complexity index is 421. The maximum absolute atomic E-state index is 11.2. The van der Waals surface area contributed by atoms with Gasteiger partial charge in [-0.3, -0.25) is 4.90 Å². The molecular weight excluding hydrogens is 240 g/mol. The molecule has 1 saturated heterocycles. The zero-order valence-electron chi connectivity index (χ0n) is 11.6. The molecule has 0 aliphatic carbocycles. The summed E-state index contributed by atoms with van der Waals surface area (Å²) in [6.45, 7) is 6.42. The highest BCUT2D eigenvalue weighted by atomic mass is 16.4. The van der Waals surface area contributed by atoms with Gasteiger partial charge in [0.05, 0.1) is 0 Å². The van der Waals surface area contributed by atoms with Gasteiger partial charge in [-0.05, 0) is 18.9 Å². The lowest BCUT2D eigenvalue weighted by atomic mass is 10.0. The van der Waals surface area contributed by atoms with Crippen LogP contribution in [-0.4, -0.2) is 46.2 Å². The molecule has 1 aliphatic rings. The van der Waals surface area contributed by atoms with Crippen LogP contribution in [0, 0.1) is 0 Å². The Balaban J connectivity index is 2.06. The number of amides is 1. The van der Waals surface area contributed by atoms with E-state index in [4.69, 9.17) is 0 Å². The predicted octanol–water partition coefficient (Wildman–Crippen LogP) is 2.65. The fourth-order valence-electron chi connectivity index (χ4n) is 2.77. The van der Waals surface area contributed by atoms with E-state index in [1.54, 1.807) is 4.90 Å². The lowest BCUT2D eigenvalue weighted by molar-refractivity contribution is 0.0319. The zero-order chi connectivity index (χ0) is 13.8. The van der Waals surface area contributed by atoms with Gasteiger partial charge >= 0.3 is 6.09 Å². The molecule has 104 valence electrons. The van der Waals surface area contributed by atoms with Gasteiger partial charge in [0.25, 0.3) is 0 Å². The van der Waals surface area contributed by atoms with Crippen LogP contribution in [0.4, 0.5) is 4.79 Å². The molecule has 0 bridgehead atoms. The Morgan fingerprint density at radius 1 is 1.32 bits per heavy atom. The van der Waals surface area contributed by atoms with Crippen molar-refractivity contribution in [3.8, 4) is 0 Å². The summed E-state index contributed by atoms with van der Waals surface area (Å²) in [5.74, 6) is 0. The van der Waals surface area contributed by atoms with Crippen molar-refractivity contribution in [3.05, 3.63) is 35.9 Å². The third-order valence-electron chi connectivity index (χ3n) is 3.90. The highest BCUT2D eigenvalue weighted by Crippen LogP contribution is 2.20. The minimum Gasteiger partial charge on any atom is -0.465 e. The van der Waals surface area contributed by atoms with Crippen LogP contribution >= 0.6 is 0 Å². The summed E-state index contributed by atoms with van der Waals surface area (Å²) in [4.78, 5) is 15.2. The summed E-state index contributed by atoms with van der Waals surface area (Å²) in [7, 11) is 0. The molecule has 1 aromatic rings. The Labute approximate surface area is 114 Å². The third-order valence-corrected chi connectivity index (χ3v) is 3.90. The zero-order valence-corrected chi connectivity index (χ0v) is 11.6. The summed E-state index contributed by atoms with van der Waals surface area (Å²) < 4.78 is 0. The maximum Gasteiger partial charge on any atom is 0.407 e. The quantitative estimate of drug-likeness (QED) is 0.910. The second kappa shape index (κ2) is 6.06. The molecule has 0 aromatic heterocycles. The second-order valence-corrected chi connectivity index (χ2v) is 5.26. The molecule has 2 atom stereocenters. The summed E-state index contributed by atoms with van der Waals surface area (Å²) >= 11 is 0. The Hall–Kier alpha value is -1.55. The first kappa shape index (κ1) is 13.9. The number of hydrogen-bond donors (Lipinski definition) is 1. The van der Waals surface area contributed by atoms with Crippen LogP contribution in [0.15, 0.2) is 30.3 Å². The second-order valence-electron chi connectivity index (χ2n) is 5.26. The van der Waals surface area contributed by atoms with Crippen molar-refractivity contribution >= 4 is 6.09 Å². The highest BCUT2D eigenvalue weighted by molar-refractivity contribution is 5.65. The highest BCUT2D eigenvalue weighted by Gasteiger charge is 2.32. The fourth-order valence-corrected chi connectivity index (χ4v) is 2.77. The first-order valence-electron chi connectivity index (χ1n) is 6.89. The minimum absolute atomic E-state index is 0.0593. The van der Waals surface area contributed by atoms with Crippen LogP contribution in [-0.2, 0) is 6.54 Å². The maximum atomic E-state index is 11.2. The largest absolute Gasteiger partial charge is 0.465 e. The number of piperazine rings is 1. The van der Waals surface area contributed by atoms with Crippen LogP contribution in [0.3, 0.4) is 0 Å². The molecule has 1 heterocycles. The van der Waals surface area contributed by atoms with Gasteiger partial charge in [0, 0.05) is 31.7 Å². The molecule has 0 unspecified atom stereocenters. The first-order valence-corrected chi connectivity index (χ1v) is 6.89. The molecule has 0 saturated carbocycles. The lowest BCUT2D eigenvalue weighted by Crippen LogP contribution is -2.58. The molecule has 1 fully saturated rings. The van der Waals surface area contributed by atoms with E-state index in [9.17, 15) is 9.90 Å². The van der Waals surface area contributed by atoms with Gasteiger partial charge in [-0.25, -0.2) is 4.79 Å². The molecule has 0 spiro atoms. The average Bonchev–Trinajstić information content (AvgIpc) is 2.39. The van der Waals surface area contributed by atoms with E-state index in [0.29, 0.717) is 12.6 Å². The van der Waals surface area contributed by atoms with Crippen LogP contribution in [0.1, 0.15) is 25.8 Å². The molecule has 19 heavy (non-hydrogen) atoms.